The normalized spacial score (nSPS) is 24.5. The van der Waals surface area contributed by atoms with E-state index in [1.807, 2.05) is 11.0 Å². The smallest absolute Gasteiger partial charge is 0.379 e. The lowest BCUT2D eigenvalue weighted by molar-refractivity contribution is -0.258. The minimum absolute atomic E-state index is 0.150. The summed E-state index contributed by atoms with van der Waals surface area (Å²) in [5.74, 6) is 0. The minimum atomic E-state index is -4.81. The first-order valence-corrected chi connectivity index (χ1v) is 13.6. The minimum Gasteiger partial charge on any atom is -0.379 e. The van der Waals surface area contributed by atoms with Crippen molar-refractivity contribution in [2.75, 3.05) is 57.4 Å². The highest BCUT2D eigenvalue weighted by molar-refractivity contribution is 7.96. The molecule has 0 amide bonds. The van der Waals surface area contributed by atoms with Crippen molar-refractivity contribution in [2.45, 2.75) is 31.2 Å². The molecule has 0 saturated carbocycles. The number of nitrogens with zero attached hydrogens (tertiary/aromatic N) is 3. The van der Waals surface area contributed by atoms with Crippen molar-refractivity contribution >= 4 is 32.8 Å². The number of alkyl halides is 3. The van der Waals surface area contributed by atoms with Gasteiger partial charge in [0.2, 0.25) is 10.0 Å². The number of anilines is 1. The maximum Gasteiger partial charge on any atom is 0.421 e. The Morgan fingerprint density at radius 1 is 1.11 bits per heavy atom. The third-order valence-corrected chi connectivity index (χ3v) is 9.38. The van der Waals surface area contributed by atoms with E-state index in [0.717, 1.165) is 6.92 Å². The molecule has 1 aromatic rings. The predicted octanol–water partition coefficient (Wildman–Crippen LogP) is 2.82. The van der Waals surface area contributed by atoms with Crippen LogP contribution in [0.1, 0.15) is 18.9 Å². The van der Waals surface area contributed by atoms with Gasteiger partial charge >= 0.3 is 6.18 Å². The number of benzene rings is 1. The zero-order chi connectivity index (χ0) is 26.1. The number of rotatable bonds is 6. The van der Waals surface area contributed by atoms with Crippen LogP contribution >= 0.6 is 12.2 Å². The number of allylic oxidation sites excluding steroid dienone is 4. The van der Waals surface area contributed by atoms with Gasteiger partial charge in [-0.1, -0.05) is 36.5 Å². The van der Waals surface area contributed by atoms with Crippen LogP contribution in [0.3, 0.4) is 0 Å². The van der Waals surface area contributed by atoms with Crippen molar-refractivity contribution in [1.29, 1.82) is 0 Å². The predicted molar refractivity (Wildman–Crippen MR) is 135 cm³/mol. The highest BCUT2D eigenvalue weighted by atomic mass is 32.2. The highest BCUT2D eigenvalue weighted by Crippen LogP contribution is 2.39. The molecule has 0 bridgehead atoms. The lowest BCUT2D eigenvalue weighted by Gasteiger charge is -2.44. The summed E-state index contributed by atoms with van der Waals surface area (Å²) in [6.07, 6.45) is 0.653. The van der Waals surface area contributed by atoms with Crippen LogP contribution < -0.4 is 4.90 Å². The summed E-state index contributed by atoms with van der Waals surface area (Å²) >= 11 is 5.31. The SMILES string of the molecule is C[C@](O)(c1ccc(N2CCN(S(=O)(=O)C3=CC=CCC3=S)C[C@H]2CN2CCOCC2)cc1)C(F)(F)F. The van der Waals surface area contributed by atoms with E-state index in [0.29, 0.717) is 56.4 Å². The van der Waals surface area contributed by atoms with Gasteiger partial charge in [0, 0.05) is 56.2 Å². The van der Waals surface area contributed by atoms with Crippen molar-refractivity contribution in [3.05, 3.63) is 53.0 Å². The molecule has 2 heterocycles. The Morgan fingerprint density at radius 3 is 2.39 bits per heavy atom. The Kier molecular flexibility index (Phi) is 7.94. The van der Waals surface area contributed by atoms with E-state index >= 15 is 0 Å². The fourth-order valence-corrected chi connectivity index (χ4v) is 6.73. The monoisotopic (exact) mass is 545 g/mol. The molecule has 36 heavy (non-hydrogen) atoms. The summed E-state index contributed by atoms with van der Waals surface area (Å²) in [7, 11) is -3.78. The molecule has 198 valence electrons. The number of halogens is 3. The first kappa shape index (κ1) is 27.2. The topological polar surface area (TPSA) is 73.3 Å². The van der Waals surface area contributed by atoms with Crippen LogP contribution in [-0.2, 0) is 20.4 Å². The van der Waals surface area contributed by atoms with E-state index in [1.165, 1.54) is 22.5 Å². The lowest BCUT2D eigenvalue weighted by atomic mass is 9.95. The number of aliphatic hydroxyl groups is 1. The molecule has 0 radical (unpaired) electrons. The number of hydrogen-bond donors (Lipinski definition) is 1. The summed E-state index contributed by atoms with van der Waals surface area (Å²) in [6.45, 7) is 4.69. The summed E-state index contributed by atoms with van der Waals surface area (Å²) in [4.78, 5) is 4.77. The number of piperazine rings is 1. The molecule has 4 rings (SSSR count). The van der Waals surface area contributed by atoms with Gasteiger partial charge in [0.1, 0.15) is 0 Å². The number of morpholine rings is 1. The highest BCUT2D eigenvalue weighted by Gasteiger charge is 2.51. The summed E-state index contributed by atoms with van der Waals surface area (Å²) < 4.78 is 73.6. The Labute approximate surface area is 214 Å². The molecule has 12 heteroatoms. The van der Waals surface area contributed by atoms with Gasteiger partial charge in [0.05, 0.1) is 24.2 Å². The van der Waals surface area contributed by atoms with Gasteiger partial charge in [0.25, 0.3) is 0 Å². The first-order valence-electron chi connectivity index (χ1n) is 11.8. The molecule has 1 aromatic carbocycles. The van der Waals surface area contributed by atoms with E-state index in [9.17, 15) is 26.7 Å². The van der Waals surface area contributed by atoms with Gasteiger partial charge in [-0.15, -0.1) is 0 Å². The number of ether oxygens (including phenoxy) is 1. The Morgan fingerprint density at radius 2 is 1.78 bits per heavy atom. The maximum absolute atomic E-state index is 13.4. The molecular formula is C24H30F3N3O4S2. The average Bonchev–Trinajstić information content (AvgIpc) is 2.84. The van der Waals surface area contributed by atoms with Crippen LogP contribution in [0.2, 0.25) is 0 Å². The van der Waals surface area contributed by atoms with E-state index in [2.05, 4.69) is 4.90 Å². The van der Waals surface area contributed by atoms with Gasteiger partial charge in [0.15, 0.2) is 5.60 Å². The molecule has 2 aliphatic heterocycles. The van der Waals surface area contributed by atoms with Crippen LogP contribution in [0.25, 0.3) is 0 Å². The average molecular weight is 546 g/mol. The molecule has 2 atom stereocenters. The van der Waals surface area contributed by atoms with Crippen LogP contribution in [-0.4, -0.2) is 92.3 Å². The zero-order valence-corrected chi connectivity index (χ0v) is 21.6. The summed E-state index contributed by atoms with van der Waals surface area (Å²) in [5.41, 5.74) is -2.55. The molecule has 1 aliphatic carbocycles. The zero-order valence-electron chi connectivity index (χ0n) is 19.9. The van der Waals surface area contributed by atoms with Crippen LogP contribution in [0.15, 0.2) is 47.4 Å². The second-order valence-corrected chi connectivity index (χ2v) is 11.7. The first-order chi connectivity index (χ1) is 16.9. The second kappa shape index (κ2) is 10.5. The molecule has 3 aliphatic rings. The molecule has 0 spiro atoms. The molecule has 0 unspecified atom stereocenters. The number of hydrogen-bond acceptors (Lipinski definition) is 7. The van der Waals surface area contributed by atoms with E-state index in [4.69, 9.17) is 17.0 Å². The van der Waals surface area contributed by atoms with Crippen molar-refractivity contribution < 1.29 is 31.4 Å². The van der Waals surface area contributed by atoms with E-state index in [-0.39, 0.29) is 29.6 Å². The Hall–Kier alpha value is -1.83. The molecular weight excluding hydrogens is 515 g/mol. The molecule has 7 nitrogen and oxygen atoms in total. The van der Waals surface area contributed by atoms with Crippen LogP contribution in [0.4, 0.5) is 18.9 Å². The fraction of sp³-hybridized carbons (Fsp3) is 0.542. The Bertz CT molecular complexity index is 1130. The maximum atomic E-state index is 13.4. The fourth-order valence-electron chi connectivity index (χ4n) is 4.66. The molecule has 1 N–H and O–H groups in total. The quantitative estimate of drug-likeness (QED) is 0.552. The summed E-state index contributed by atoms with van der Waals surface area (Å²) in [5, 5.41) is 10.0. The van der Waals surface area contributed by atoms with E-state index in [1.54, 1.807) is 18.2 Å². The third kappa shape index (κ3) is 5.53. The van der Waals surface area contributed by atoms with Gasteiger partial charge in [-0.25, -0.2) is 8.42 Å². The molecule has 2 saturated heterocycles. The second-order valence-electron chi connectivity index (χ2n) is 9.33. The van der Waals surface area contributed by atoms with Crippen molar-refractivity contribution in [3.63, 3.8) is 0 Å². The Balaban J connectivity index is 1.59. The van der Waals surface area contributed by atoms with Gasteiger partial charge < -0.3 is 14.7 Å². The van der Waals surface area contributed by atoms with Crippen molar-refractivity contribution in [1.82, 2.24) is 9.21 Å². The summed E-state index contributed by atoms with van der Waals surface area (Å²) in [6, 6.07) is 5.41. The van der Waals surface area contributed by atoms with Gasteiger partial charge in [-0.3, -0.25) is 4.90 Å². The van der Waals surface area contributed by atoms with Crippen LogP contribution in [0, 0.1) is 0 Å². The standard InChI is InChI=1S/C24H30F3N3O4S2/c1-23(31,24(25,26)27)18-6-8-19(9-7-18)30-11-10-29(17-20(30)16-28-12-14-34-15-13-28)36(32,33)22-5-3-2-4-21(22)35/h2-3,5-9,20,31H,4,10-17H2,1H3/t20-,23+/m1/s1. The van der Waals surface area contributed by atoms with Gasteiger partial charge in [-0.05, 0) is 30.7 Å². The van der Waals surface area contributed by atoms with Gasteiger partial charge in [-0.2, -0.15) is 17.5 Å². The molecule has 0 aromatic heterocycles. The number of thiocarbonyl (C=S) groups is 1. The largest absolute Gasteiger partial charge is 0.421 e. The van der Waals surface area contributed by atoms with Crippen molar-refractivity contribution in [3.8, 4) is 0 Å². The third-order valence-electron chi connectivity index (χ3n) is 6.91. The van der Waals surface area contributed by atoms with Crippen LogP contribution in [0.5, 0.6) is 0 Å². The number of sulfonamides is 1. The molecule has 2 fully saturated rings. The lowest BCUT2D eigenvalue weighted by Crippen LogP contribution is -2.59. The van der Waals surface area contributed by atoms with Crippen molar-refractivity contribution in [2.24, 2.45) is 0 Å². The van der Waals surface area contributed by atoms with E-state index < -0.39 is 21.8 Å².